The Kier molecular flexibility index (Phi) is 6.75. The molecule has 6 rings (SSSR count). The molecular weight excluding hydrogens is 474 g/mol. The first kappa shape index (κ1) is 24.1. The number of para-hydroxylation sites is 2. The molecule has 0 amide bonds. The Morgan fingerprint density at radius 1 is 1.03 bits per heavy atom. The Balaban J connectivity index is 1.56. The van der Waals surface area contributed by atoms with Crippen LogP contribution in [0.4, 0.5) is 11.4 Å². The van der Waals surface area contributed by atoms with E-state index in [9.17, 15) is 0 Å². The van der Waals surface area contributed by atoms with E-state index in [1.165, 1.54) is 5.56 Å². The maximum absolute atomic E-state index is 5.59. The third-order valence-corrected chi connectivity index (χ3v) is 6.81. The highest BCUT2D eigenvalue weighted by Gasteiger charge is 2.18. The van der Waals surface area contributed by atoms with Gasteiger partial charge in [0.25, 0.3) is 0 Å². The molecule has 192 valence electrons. The second-order valence-corrected chi connectivity index (χ2v) is 9.55. The molecule has 1 aromatic heterocycles. The zero-order valence-electron chi connectivity index (χ0n) is 21.7. The molecule has 1 fully saturated rings. The number of hydrogen-bond acceptors (Lipinski definition) is 6. The highest BCUT2D eigenvalue weighted by atomic mass is 16.5. The van der Waals surface area contributed by atoms with Gasteiger partial charge in [-0.2, -0.15) is 0 Å². The Hall–Kier alpha value is -4.23. The first-order valence-electron chi connectivity index (χ1n) is 13.2. The van der Waals surface area contributed by atoms with Gasteiger partial charge >= 0.3 is 0 Å². The van der Waals surface area contributed by atoms with Gasteiger partial charge in [0.2, 0.25) is 5.88 Å². The van der Waals surface area contributed by atoms with Gasteiger partial charge in [-0.1, -0.05) is 29.8 Å². The third-order valence-electron chi connectivity index (χ3n) is 6.81. The summed E-state index contributed by atoms with van der Waals surface area (Å²) in [6.07, 6.45) is 3.61. The van der Waals surface area contributed by atoms with Gasteiger partial charge in [0, 0.05) is 25.0 Å². The van der Waals surface area contributed by atoms with Gasteiger partial charge in [-0.3, -0.25) is 4.99 Å². The fourth-order valence-electron chi connectivity index (χ4n) is 4.87. The molecule has 1 N–H and O–H groups in total. The number of nitrogens with zero attached hydrogens (tertiary/aromatic N) is 4. The van der Waals surface area contributed by atoms with Crippen LogP contribution >= 0.6 is 0 Å². The number of aryl methyl sites for hydroxylation is 1. The lowest BCUT2D eigenvalue weighted by Gasteiger charge is -2.22. The molecule has 0 unspecified atom stereocenters. The van der Waals surface area contributed by atoms with Crippen LogP contribution in [-0.2, 0) is 4.74 Å². The van der Waals surface area contributed by atoms with Crippen molar-refractivity contribution in [2.75, 3.05) is 25.1 Å². The van der Waals surface area contributed by atoms with Crippen LogP contribution < -0.4 is 15.4 Å². The molecule has 0 bridgehead atoms. The van der Waals surface area contributed by atoms with E-state index in [0.717, 1.165) is 70.9 Å². The number of benzene rings is 3. The highest BCUT2D eigenvalue weighted by Crippen LogP contribution is 2.30. The lowest BCUT2D eigenvalue weighted by molar-refractivity contribution is 0.0864. The Morgan fingerprint density at radius 3 is 2.61 bits per heavy atom. The highest BCUT2D eigenvalue weighted by molar-refractivity contribution is 5.84. The van der Waals surface area contributed by atoms with Crippen molar-refractivity contribution in [3.8, 4) is 23.0 Å². The van der Waals surface area contributed by atoms with Crippen molar-refractivity contribution in [1.82, 2.24) is 14.5 Å². The van der Waals surface area contributed by atoms with Crippen molar-refractivity contribution in [3.05, 3.63) is 89.9 Å². The summed E-state index contributed by atoms with van der Waals surface area (Å²) in [6, 6.07) is 25.2. The normalized spacial score (nSPS) is 14.7. The van der Waals surface area contributed by atoms with Crippen molar-refractivity contribution >= 4 is 22.4 Å². The molecule has 7 heteroatoms. The average Bonchev–Trinajstić information content (AvgIpc) is 2.95. The van der Waals surface area contributed by atoms with Gasteiger partial charge in [-0.25, -0.2) is 9.97 Å². The second kappa shape index (κ2) is 10.6. The van der Waals surface area contributed by atoms with Crippen LogP contribution in [0.15, 0.2) is 84.0 Å². The number of rotatable bonds is 6. The van der Waals surface area contributed by atoms with Crippen molar-refractivity contribution in [1.29, 1.82) is 0 Å². The first-order chi connectivity index (χ1) is 18.7. The Morgan fingerprint density at radius 2 is 1.84 bits per heavy atom. The molecule has 3 heterocycles. The molecule has 1 saturated heterocycles. The summed E-state index contributed by atoms with van der Waals surface area (Å²) in [6.45, 7) is 6.12. The van der Waals surface area contributed by atoms with Crippen LogP contribution in [0.25, 0.3) is 28.1 Å². The minimum atomic E-state index is 0.210. The van der Waals surface area contributed by atoms with Crippen LogP contribution in [0, 0.1) is 6.92 Å². The number of nitrogens with one attached hydrogen (secondary N) is 1. The lowest BCUT2D eigenvalue weighted by Crippen LogP contribution is -2.23. The lowest BCUT2D eigenvalue weighted by atomic mass is 10.1. The molecule has 38 heavy (non-hydrogen) atoms. The summed E-state index contributed by atoms with van der Waals surface area (Å²) in [7, 11) is 0. The molecule has 3 aliphatic rings. The van der Waals surface area contributed by atoms with Crippen LogP contribution in [0.3, 0.4) is 0 Å². The van der Waals surface area contributed by atoms with E-state index in [-0.39, 0.29) is 6.04 Å². The molecule has 2 aromatic carbocycles. The number of pyridine rings is 1. The number of hydrogen-bond donors (Lipinski definition) is 1. The summed E-state index contributed by atoms with van der Waals surface area (Å²) in [4.78, 5) is 14.7. The third kappa shape index (κ3) is 4.97. The number of aromatic nitrogens is 3. The largest absolute Gasteiger partial charge is 0.478 e. The Bertz CT molecular complexity index is 1590. The minimum Gasteiger partial charge on any atom is -0.478 e. The molecule has 0 saturated carbocycles. The van der Waals surface area contributed by atoms with Gasteiger partial charge < -0.3 is 19.4 Å². The molecule has 3 aromatic rings. The fraction of sp³-hybridized carbons (Fsp3) is 0.258. The monoisotopic (exact) mass is 505 g/mol. The molecule has 1 aliphatic carbocycles. The molecule has 0 radical (unpaired) electrons. The van der Waals surface area contributed by atoms with Crippen molar-refractivity contribution in [3.63, 3.8) is 0 Å². The summed E-state index contributed by atoms with van der Waals surface area (Å²) in [5.74, 6) is 0.607. The second-order valence-electron chi connectivity index (χ2n) is 9.55. The van der Waals surface area contributed by atoms with Crippen molar-refractivity contribution < 1.29 is 9.47 Å². The number of fused-ring (bicyclic) bond motifs is 2. The molecule has 0 atom stereocenters. The zero-order chi connectivity index (χ0) is 25.9. The average molecular weight is 506 g/mol. The van der Waals surface area contributed by atoms with E-state index in [0.29, 0.717) is 12.5 Å². The molecular formula is C31H31N5O2. The zero-order valence-corrected chi connectivity index (χ0v) is 21.7. The predicted octanol–water partition coefficient (Wildman–Crippen LogP) is 6.06. The SMILES string of the molecule is CCOc1ccc(Nc2cc3nc4ccccc4n(-c4ccc(C)cc4)c-3cc2=NC2CCOCC2)cn1. The van der Waals surface area contributed by atoms with Gasteiger partial charge in [0.05, 0.1) is 58.0 Å². The van der Waals surface area contributed by atoms with Crippen LogP contribution in [-0.4, -0.2) is 40.4 Å². The van der Waals surface area contributed by atoms with Gasteiger partial charge in [-0.05, 0) is 69.2 Å². The summed E-state index contributed by atoms with van der Waals surface area (Å²) >= 11 is 0. The topological polar surface area (TPSA) is 73.6 Å². The summed E-state index contributed by atoms with van der Waals surface area (Å²) < 4.78 is 13.4. The first-order valence-corrected chi connectivity index (χ1v) is 13.2. The molecule has 0 spiro atoms. The molecule has 2 aliphatic heterocycles. The fourth-order valence-corrected chi connectivity index (χ4v) is 4.87. The maximum atomic E-state index is 5.59. The van der Waals surface area contributed by atoms with Crippen LogP contribution in [0.2, 0.25) is 0 Å². The van der Waals surface area contributed by atoms with Gasteiger partial charge in [0.15, 0.2) is 0 Å². The number of anilines is 2. The van der Waals surface area contributed by atoms with Crippen molar-refractivity contribution in [2.45, 2.75) is 32.7 Å². The van der Waals surface area contributed by atoms with E-state index >= 15 is 0 Å². The van der Waals surface area contributed by atoms with E-state index in [1.807, 2.05) is 25.1 Å². The Labute approximate surface area is 222 Å². The molecule has 7 nitrogen and oxygen atoms in total. The number of ether oxygens (including phenoxy) is 2. The predicted molar refractivity (Wildman–Crippen MR) is 151 cm³/mol. The van der Waals surface area contributed by atoms with Crippen LogP contribution in [0.5, 0.6) is 5.88 Å². The van der Waals surface area contributed by atoms with E-state index in [2.05, 4.69) is 76.4 Å². The van der Waals surface area contributed by atoms with Gasteiger partial charge in [0.1, 0.15) is 0 Å². The minimum absolute atomic E-state index is 0.210. The van der Waals surface area contributed by atoms with E-state index < -0.39 is 0 Å². The van der Waals surface area contributed by atoms with Crippen LogP contribution in [0.1, 0.15) is 25.3 Å². The van der Waals surface area contributed by atoms with Gasteiger partial charge in [-0.15, -0.1) is 0 Å². The standard InChI is InChI=1S/C31H31N5O2/c1-3-38-31-13-10-23(20-32-31)34-26-18-28-30(19-27(26)33-22-14-16-37-17-15-22)36(24-11-8-21(2)9-12-24)29-7-5-4-6-25(29)35-28/h4-13,18-20,22,34H,3,14-17H2,1-2H3. The summed E-state index contributed by atoms with van der Waals surface area (Å²) in [5, 5.41) is 4.45. The maximum Gasteiger partial charge on any atom is 0.213 e. The quantitative estimate of drug-likeness (QED) is 0.284. The van der Waals surface area contributed by atoms with Crippen molar-refractivity contribution in [2.24, 2.45) is 4.99 Å². The van der Waals surface area contributed by atoms with E-state index in [4.69, 9.17) is 19.5 Å². The van der Waals surface area contributed by atoms with E-state index in [1.54, 1.807) is 6.20 Å². The smallest absolute Gasteiger partial charge is 0.213 e. The summed E-state index contributed by atoms with van der Waals surface area (Å²) in [5.41, 5.74) is 7.96.